The van der Waals surface area contributed by atoms with Gasteiger partial charge in [0.25, 0.3) is 5.97 Å². The zero-order chi connectivity index (χ0) is 31.3. The number of phosphoric ester groups is 1. The topological polar surface area (TPSA) is 306 Å². The summed E-state index contributed by atoms with van der Waals surface area (Å²) in [4.78, 5) is 34.8. The number of rotatable bonds is 10. The smallest absolute Gasteiger partial charge is 0.474 e. The van der Waals surface area contributed by atoms with Crippen molar-refractivity contribution in [2.75, 3.05) is 18.9 Å². The summed E-state index contributed by atoms with van der Waals surface area (Å²) >= 11 is 3.86. The Morgan fingerprint density at radius 2 is 1.98 bits per heavy atom. The summed E-state index contributed by atoms with van der Waals surface area (Å²) in [6.45, 7) is 0.628. The van der Waals surface area contributed by atoms with Crippen LogP contribution in [0.5, 0.6) is 0 Å². The third-order valence-electron chi connectivity index (χ3n) is 5.97. The molecule has 21 heteroatoms. The van der Waals surface area contributed by atoms with Crippen LogP contribution in [0.4, 0.5) is 5.82 Å². The Hall–Kier alpha value is -1.75. The molecule has 41 heavy (non-hydrogen) atoms. The van der Waals surface area contributed by atoms with Gasteiger partial charge in [0.15, 0.2) is 12.0 Å². The number of phosphoric acid groups is 1. The van der Waals surface area contributed by atoms with E-state index in [1.807, 2.05) is 0 Å². The third kappa shape index (κ3) is 9.37. The fourth-order valence-corrected chi connectivity index (χ4v) is 5.43. The predicted molar refractivity (Wildman–Crippen MR) is 138 cm³/mol. The number of nitrogens with one attached hydrogen (secondary N) is 1. The van der Waals surface area contributed by atoms with Gasteiger partial charge in [-0.2, -0.15) is 4.98 Å². The molecule has 19 nitrogen and oxygen atoms in total. The van der Waals surface area contributed by atoms with Crippen molar-refractivity contribution in [3.8, 4) is 0 Å². The number of carboxylic acids is 1. The quantitative estimate of drug-likeness (QED) is 0.0864. The Morgan fingerprint density at radius 3 is 2.51 bits per heavy atom. The van der Waals surface area contributed by atoms with Crippen molar-refractivity contribution < 1.29 is 68.5 Å². The largest absolute Gasteiger partial charge is 0.481 e. The average Bonchev–Trinajstić information content (AvgIpc) is 3.14. The van der Waals surface area contributed by atoms with Gasteiger partial charge in [0.1, 0.15) is 42.4 Å². The van der Waals surface area contributed by atoms with Gasteiger partial charge in [0.05, 0.1) is 25.4 Å². The number of aliphatic hydroxyl groups is 6. The van der Waals surface area contributed by atoms with Gasteiger partial charge in [-0.1, -0.05) is 12.8 Å². The monoisotopic (exact) mass is 634 g/mol. The Balaban J connectivity index is 0.00000138. The van der Waals surface area contributed by atoms with E-state index in [2.05, 4.69) is 22.5 Å². The zero-order valence-electron chi connectivity index (χ0n) is 21.8. The van der Waals surface area contributed by atoms with E-state index in [1.54, 1.807) is 0 Å². The van der Waals surface area contributed by atoms with Crippen LogP contribution in [0.3, 0.4) is 0 Å². The number of carbonyl (C=O) groups is 1. The molecule has 0 bridgehead atoms. The van der Waals surface area contributed by atoms with Crippen LogP contribution >= 0.6 is 20.6 Å². The molecule has 11 atom stereocenters. The number of aliphatic hydroxyl groups excluding tert-OH is 6. The number of hydrogen-bond acceptors (Lipinski definition) is 17. The molecule has 0 radical (unpaired) electrons. The lowest BCUT2D eigenvalue weighted by Gasteiger charge is -2.46. The molecule has 0 amide bonds. The SMILES string of the molecule is CC(=O)O.CC1(OP(=O)(O)OCC2OC(n3ccc(N)nc3=O)C(O)C2O)CC(O)C(NS)C(C(O)C(O)CO)O1. The number of aromatic nitrogens is 2. The van der Waals surface area contributed by atoms with Gasteiger partial charge in [-0.25, -0.2) is 9.36 Å². The molecular weight excluding hydrogens is 599 g/mol. The van der Waals surface area contributed by atoms with E-state index in [1.165, 1.54) is 19.2 Å². The molecular formula is C20H35N4O15PS. The van der Waals surface area contributed by atoms with Crippen LogP contribution in [0.25, 0.3) is 0 Å². The number of aliphatic carboxylic acids is 1. The summed E-state index contributed by atoms with van der Waals surface area (Å²) < 4.78 is 37.0. The molecule has 0 saturated carbocycles. The molecule has 236 valence electrons. The molecule has 0 aromatic carbocycles. The maximum absolute atomic E-state index is 12.7. The highest BCUT2D eigenvalue weighted by Gasteiger charge is 2.52. The molecule has 3 rings (SSSR count). The molecule has 2 aliphatic heterocycles. The van der Waals surface area contributed by atoms with Crippen molar-refractivity contribution in [2.45, 2.75) is 81.1 Å². The van der Waals surface area contributed by atoms with Crippen LogP contribution in [0.2, 0.25) is 0 Å². The van der Waals surface area contributed by atoms with Gasteiger partial charge in [-0.05, 0) is 13.0 Å². The van der Waals surface area contributed by atoms with Gasteiger partial charge in [0.2, 0.25) is 0 Å². The van der Waals surface area contributed by atoms with Crippen molar-refractivity contribution in [2.24, 2.45) is 0 Å². The van der Waals surface area contributed by atoms with Crippen molar-refractivity contribution in [1.29, 1.82) is 0 Å². The number of anilines is 1. The summed E-state index contributed by atoms with van der Waals surface area (Å²) in [6.07, 6.45) is -11.5. The molecule has 11 unspecified atom stereocenters. The molecule has 1 aromatic heterocycles. The van der Waals surface area contributed by atoms with Crippen LogP contribution in [-0.4, -0.2) is 124 Å². The maximum Gasteiger partial charge on any atom is 0.474 e. The number of carboxylic acid groups (broad SMARTS) is 1. The summed E-state index contributed by atoms with van der Waals surface area (Å²) in [5, 5.41) is 67.7. The van der Waals surface area contributed by atoms with Gasteiger partial charge >= 0.3 is 13.5 Å². The highest BCUT2D eigenvalue weighted by Crippen LogP contribution is 2.51. The molecule has 2 fully saturated rings. The minimum atomic E-state index is -5.01. The Morgan fingerprint density at radius 1 is 1.37 bits per heavy atom. The zero-order valence-corrected chi connectivity index (χ0v) is 23.6. The fourth-order valence-electron chi connectivity index (χ4n) is 4.12. The van der Waals surface area contributed by atoms with Crippen molar-refractivity contribution in [1.82, 2.24) is 14.3 Å². The third-order valence-corrected chi connectivity index (χ3v) is 7.36. The molecule has 1 aromatic rings. The highest BCUT2D eigenvalue weighted by molar-refractivity contribution is 7.78. The summed E-state index contributed by atoms with van der Waals surface area (Å²) in [6, 6.07) is 0.196. The van der Waals surface area contributed by atoms with Gasteiger partial charge in [0, 0.05) is 19.5 Å². The number of nitrogen functional groups attached to an aromatic ring is 1. The number of thiol groups is 1. The lowest BCUT2D eigenvalue weighted by Crippen LogP contribution is -2.63. The number of nitrogens with two attached hydrogens (primary N) is 1. The Labute approximate surface area is 238 Å². The normalized spacial score (nSPS) is 34.6. The first-order chi connectivity index (χ1) is 18.9. The van der Waals surface area contributed by atoms with E-state index < -0.39 is 99.9 Å². The lowest BCUT2D eigenvalue weighted by molar-refractivity contribution is -0.284. The highest BCUT2D eigenvalue weighted by atomic mass is 32.1. The minimum Gasteiger partial charge on any atom is -0.481 e. The lowest BCUT2D eigenvalue weighted by atomic mass is 9.90. The number of nitrogens with zero attached hydrogens (tertiary/aromatic N) is 2. The van der Waals surface area contributed by atoms with Gasteiger partial charge in [-0.15, -0.1) is 0 Å². The second-order valence-corrected chi connectivity index (χ2v) is 11.0. The predicted octanol–water partition coefficient (Wildman–Crippen LogP) is -3.95. The van der Waals surface area contributed by atoms with E-state index in [4.69, 9.17) is 39.3 Å². The first-order valence-corrected chi connectivity index (χ1v) is 13.9. The van der Waals surface area contributed by atoms with E-state index in [9.17, 15) is 39.8 Å². The number of hydrogen-bond donors (Lipinski definition) is 11. The molecule has 2 saturated heterocycles. The molecule has 11 N–H and O–H groups in total. The molecule has 0 spiro atoms. The van der Waals surface area contributed by atoms with Crippen LogP contribution < -0.4 is 16.1 Å². The van der Waals surface area contributed by atoms with Crippen LogP contribution in [0.15, 0.2) is 17.1 Å². The van der Waals surface area contributed by atoms with E-state index in [-0.39, 0.29) is 5.82 Å². The van der Waals surface area contributed by atoms with Gasteiger partial charge < -0.3 is 55.8 Å². The number of ether oxygens (including phenoxy) is 2. The summed E-state index contributed by atoms with van der Waals surface area (Å²) in [5.41, 5.74) is 4.56. The fraction of sp³-hybridized carbons (Fsp3) is 0.750. The molecule has 2 aliphatic rings. The first-order valence-electron chi connectivity index (χ1n) is 11.9. The van der Waals surface area contributed by atoms with Crippen LogP contribution in [0.1, 0.15) is 26.5 Å². The summed E-state index contributed by atoms with van der Waals surface area (Å²) in [7, 11) is -5.01. The van der Waals surface area contributed by atoms with Crippen molar-refractivity contribution >= 4 is 32.4 Å². The Kier molecular flexibility index (Phi) is 12.6. The van der Waals surface area contributed by atoms with Gasteiger partial charge in [-0.3, -0.25) is 23.1 Å². The second-order valence-electron chi connectivity index (χ2n) is 9.35. The van der Waals surface area contributed by atoms with Crippen LogP contribution in [-0.2, 0) is 27.9 Å². The van der Waals surface area contributed by atoms with E-state index in [0.29, 0.717) is 0 Å². The summed E-state index contributed by atoms with van der Waals surface area (Å²) in [5.74, 6) is -2.95. The molecule has 0 aliphatic carbocycles. The second kappa shape index (κ2) is 14.6. The minimum absolute atomic E-state index is 0.0758. The van der Waals surface area contributed by atoms with Crippen molar-refractivity contribution in [3.63, 3.8) is 0 Å². The standard InChI is InChI=1S/C18H31N4O13PS.C2H4O2/c1-18(4-7(24)11(21-37)15(34-18)12(26)8(25)5-23)35-36(30,31)32-6-9-13(27)14(28)16(33-9)22-3-2-10(19)20-17(22)29;1-2(3)4/h2-3,7-9,11-16,21,23-28,37H,4-6H2,1H3,(H,30,31)(H2,19,20,29);1H3,(H,3,4). The van der Waals surface area contributed by atoms with Crippen molar-refractivity contribution in [3.05, 3.63) is 22.7 Å². The maximum atomic E-state index is 12.7. The van der Waals surface area contributed by atoms with E-state index in [0.717, 1.165) is 11.5 Å². The molecule has 3 heterocycles. The first kappa shape index (κ1) is 35.4. The van der Waals surface area contributed by atoms with E-state index >= 15 is 0 Å². The Bertz CT molecular complexity index is 1130. The average molecular weight is 635 g/mol. The van der Waals surface area contributed by atoms with Crippen LogP contribution in [0, 0.1) is 0 Å².